The topological polar surface area (TPSA) is 43.9 Å². The highest BCUT2D eigenvalue weighted by Crippen LogP contribution is 2.35. The zero-order valence-corrected chi connectivity index (χ0v) is 17.2. The van der Waals surface area contributed by atoms with Gasteiger partial charge >= 0.3 is 6.18 Å². The average molecular weight is 450 g/mol. The second-order valence-electron chi connectivity index (χ2n) is 7.41. The number of rotatable bonds is 4. The Bertz CT molecular complexity index is 1030. The fourth-order valence-corrected chi connectivity index (χ4v) is 4.08. The van der Waals surface area contributed by atoms with Crippen LogP contribution in [-0.4, -0.2) is 47.8 Å². The first-order chi connectivity index (χ1) is 14.8. The monoisotopic (exact) mass is 449 g/mol. The molecule has 0 atom stereocenters. The first-order valence-corrected chi connectivity index (χ1v) is 10.1. The third-order valence-corrected chi connectivity index (χ3v) is 5.71. The molecule has 2 amide bonds. The number of carbonyl (C=O) groups excluding carboxylic acids is 2. The molecule has 2 aromatic carbocycles. The molecule has 0 aliphatic carbocycles. The molecule has 0 radical (unpaired) electrons. The Morgan fingerprint density at radius 3 is 2.19 bits per heavy atom. The Morgan fingerprint density at radius 2 is 1.55 bits per heavy atom. The number of alkyl halides is 3. The molecule has 1 fully saturated rings. The van der Waals surface area contributed by atoms with Gasteiger partial charge in [0.1, 0.15) is 10.7 Å². The molecule has 0 aromatic heterocycles. The van der Waals surface area contributed by atoms with E-state index in [2.05, 4.69) is 4.90 Å². The van der Waals surface area contributed by atoms with Crippen LogP contribution in [0.2, 0.25) is 0 Å². The lowest BCUT2D eigenvalue weighted by Gasteiger charge is -2.36. The van der Waals surface area contributed by atoms with Gasteiger partial charge in [-0.1, -0.05) is 48.0 Å². The first kappa shape index (κ1) is 21.4. The van der Waals surface area contributed by atoms with Gasteiger partial charge in [-0.05, 0) is 23.8 Å². The van der Waals surface area contributed by atoms with Gasteiger partial charge in [0, 0.05) is 32.7 Å². The molecule has 4 rings (SSSR count). The van der Waals surface area contributed by atoms with E-state index in [4.69, 9.17) is 11.6 Å². The van der Waals surface area contributed by atoms with Crippen LogP contribution in [0.15, 0.2) is 65.3 Å². The van der Waals surface area contributed by atoms with Crippen molar-refractivity contribution in [2.24, 2.45) is 0 Å². The van der Waals surface area contributed by atoms with E-state index in [9.17, 15) is 22.8 Å². The van der Waals surface area contributed by atoms with Crippen LogP contribution in [0.3, 0.4) is 0 Å². The lowest BCUT2D eigenvalue weighted by atomic mass is 10.2. The van der Waals surface area contributed by atoms with Crippen LogP contribution in [0.5, 0.6) is 0 Å². The number of benzene rings is 2. The van der Waals surface area contributed by atoms with Gasteiger partial charge in [-0.25, -0.2) is 4.90 Å². The highest BCUT2D eigenvalue weighted by atomic mass is 35.5. The Morgan fingerprint density at radius 1 is 0.871 bits per heavy atom. The van der Waals surface area contributed by atoms with E-state index in [0.717, 1.165) is 24.7 Å². The third-order valence-electron chi connectivity index (χ3n) is 5.37. The van der Waals surface area contributed by atoms with Crippen molar-refractivity contribution in [1.29, 1.82) is 0 Å². The molecule has 9 heteroatoms. The van der Waals surface area contributed by atoms with Gasteiger partial charge in [0.15, 0.2) is 0 Å². The lowest BCUT2D eigenvalue weighted by Crippen LogP contribution is -2.47. The Labute approximate surface area is 182 Å². The summed E-state index contributed by atoms with van der Waals surface area (Å²) in [6.07, 6.45) is -4.59. The highest BCUT2D eigenvalue weighted by Gasteiger charge is 2.42. The molecule has 5 nitrogen and oxygen atoms in total. The van der Waals surface area contributed by atoms with Gasteiger partial charge in [0.05, 0.1) is 11.3 Å². The summed E-state index contributed by atoms with van der Waals surface area (Å²) < 4.78 is 39.1. The summed E-state index contributed by atoms with van der Waals surface area (Å²) in [5, 5.41) is -0.265. The maximum Gasteiger partial charge on any atom is 0.416 e. The summed E-state index contributed by atoms with van der Waals surface area (Å²) in [6.45, 7) is 3.05. The maximum absolute atomic E-state index is 13.0. The van der Waals surface area contributed by atoms with Crippen LogP contribution in [0.4, 0.5) is 18.9 Å². The minimum atomic E-state index is -4.59. The number of imide groups is 1. The molecule has 1 saturated heterocycles. The highest BCUT2D eigenvalue weighted by molar-refractivity contribution is 6.52. The molecule has 2 aliphatic rings. The minimum absolute atomic E-state index is 0.0449. The molecule has 0 N–H and O–H groups in total. The fraction of sp³-hybridized carbons (Fsp3) is 0.273. The van der Waals surface area contributed by atoms with Crippen molar-refractivity contribution >= 4 is 29.1 Å². The lowest BCUT2D eigenvalue weighted by molar-refractivity contribution is -0.137. The van der Waals surface area contributed by atoms with Crippen molar-refractivity contribution < 1.29 is 22.8 Å². The number of hydrogen-bond donors (Lipinski definition) is 0. The van der Waals surface area contributed by atoms with E-state index in [-0.39, 0.29) is 16.4 Å². The van der Waals surface area contributed by atoms with Gasteiger partial charge in [-0.3, -0.25) is 14.5 Å². The summed E-state index contributed by atoms with van der Waals surface area (Å²) in [5.41, 5.74) is 0.130. The number of hydrogen-bond acceptors (Lipinski definition) is 4. The van der Waals surface area contributed by atoms with Crippen LogP contribution in [0, 0.1) is 0 Å². The van der Waals surface area contributed by atoms with E-state index in [1.807, 2.05) is 30.3 Å². The predicted octanol–water partition coefficient (Wildman–Crippen LogP) is 3.85. The average Bonchev–Trinajstić information content (AvgIpc) is 2.97. The van der Waals surface area contributed by atoms with Gasteiger partial charge in [0.25, 0.3) is 11.8 Å². The molecule has 0 spiro atoms. The van der Waals surface area contributed by atoms with Crippen molar-refractivity contribution in [2.75, 3.05) is 31.1 Å². The molecule has 0 saturated carbocycles. The van der Waals surface area contributed by atoms with Crippen LogP contribution < -0.4 is 4.90 Å². The number of carbonyl (C=O) groups is 2. The second kappa shape index (κ2) is 8.36. The standard InChI is InChI=1S/C22H19ClF3N3O2/c23-18-19(28-11-9-27(10-12-28)14-15-5-2-1-3-6-15)21(31)29(20(18)30)17-8-4-7-16(13-17)22(24,25)26/h1-8,13H,9-12,14H2. The largest absolute Gasteiger partial charge is 0.416 e. The van der Waals surface area contributed by atoms with Gasteiger partial charge in [-0.15, -0.1) is 0 Å². The molecule has 162 valence electrons. The zero-order valence-electron chi connectivity index (χ0n) is 16.4. The maximum atomic E-state index is 13.0. The molecule has 0 unspecified atom stereocenters. The normalized spacial score (nSPS) is 18.3. The van der Waals surface area contributed by atoms with Crippen LogP contribution in [0.25, 0.3) is 0 Å². The molecule has 2 aliphatic heterocycles. The predicted molar refractivity (Wildman–Crippen MR) is 110 cm³/mol. The number of halogens is 4. The van der Waals surface area contributed by atoms with Crippen molar-refractivity contribution in [1.82, 2.24) is 9.80 Å². The third kappa shape index (κ3) is 4.31. The van der Waals surface area contributed by atoms with E-state index in [1.54, 1.807) is 4.90 Å². The summed E-state index contributed by atoms with van der Waals surface area (Å²) in [4.78, 5) is 30.3. The number of nitrogens with zero attached hydrogens (tertiary/aromatic N) is 3. The van der Waals surface area contributed by atoms with Crippen molar-refractivity contribution in [2.45, 2.75) is 12.7 Å². The van der Waals surface area contributed by atoms with Gasteiger partial charge in [0.2, 0.25) is 0 Å². The van der Waals surface area contributed by atoms with E-state index < -0.39 is 23.6 Å². The molecular weight excluding hydrogens is 431 g/mol. The Hall–Kier alpha value is -2.84. The summed E-state index contributed by atoms with van der Waals surface area (Å²) in [5.74, 6) is -1.52. The Balaban J connectivity index is 1.48. The smallest absolute Gasteiger partial charge is 0.363 e. The quantitative estimate of drug-likeness (QED) is 0.665. The molecular formula is C22H19ClF3N3O2. The summed E-state index contributed by atoms with van der Waals surface area (Å²) in [7, 11) is 0. The van der Waals surface area contributed by atoms with Crippen molar-refractivity contribution in [3.63, 3.8) is 0 Å². The summed E-state index contributed by atoms with van der Waals surface area (Å²) >= 11 is 6.19. The van der Waals surface area contributed by atoms with Crippen molar-refractivity contribution in [3.8, 4) is 0 Å². The SMILES string of the molecule is O=C1C(Cl)=C(N2CCN(Cc3ccccc3)CC2)C(=O)N1c1cccc(C(F)(F)F)c1. The van der Waals surface area contributed by atoms with Crippen LogP contribution in [-0.2, 0) is 22.3 Å². The van der Waals surface area contributed by atoms with Crippen LogP contribution in [0.1, 0.15) is 11.1 Å². The first-order valence-electron chi connectivity index (χ1n) is 9.73. The molecule has 0 bridgehead atoms. The van der Waals surface area contributed by atoms with Crippen molar-refractivity contribution in [3.05, 3.63) is 76.5 Å². The number of piperazine rings is 1. The second-order valence-corrected chi connectivity index (χ2v) is 7.78. The number of amides is 2. The van der Waals surface area contributed by atoms with Gasteiger partial charge in [-0.2, -0.15) is 13.2 Å². The molecule has 2 heterocycles. The van der Waals surface area contributed by atoms with Crippen LogP contribution >= 0.6 is 11.6 Å². The van der Waals surface area contributed by atoms with E-state index >= 15 is 0 Å². The minimum Gasteiger partial charge on any atom is -0.363 e. The fourth-order valence-electron chi connectivity index (χ4n) is 3.79. The molecule has 2 aromatic rings. The van der Waals surface area contributed by atoms with Gasteiger partial charge < -0.3 is 4.90 Å². The Kier molecular flexibility index (Phi) is 5.77. The van der Waals surface area contributed by atoms with E-state index in [0.29, 0.717) is 31.1 Å². The molecule has 31 heavy (non-hydrogen) atoms. The van der Waals surface area contributed by atoms with E-state index in [1.165, 1.54) is 11.6 Å². The zero-order chi connectivity index (χ0) is 22.2. The number of anilines is 1. The summed E-state index contributed by atoms with van der Waals surface area (Å²) in [6, 6.07) is 14.1.